The molecule has 1 saturated heterocycles. The number of anilines is 1. The van der Waals surface area contributed by atoms with Crippen LogP contribution < -0.4 is 10.8 Å². The van der Waals surface area contributed by atoms with Gasteiger partial charge in [0.2, 0.25) is 0 Å². The van der Waals surface area contributed by atoms with Crippen LogP contribution in [0.25, 0.3) is 0 Å². The normalized spacial score (nSPS) is 19.7. The van der Waals surface area contributed by atoms with Crippen LogP contribution in [-0.4, -0.2) is 55.4 Å². The van der Waals surface area contributed by atoms with Crippen molar-refractivity contribution < 1.29 is 9.31 Å². The van der Waals surface area contributed by atoms with Crippen LogP contribution in [0.5, 0.6) is 0 Å². The van der Waals surface area contributed by atoms with Crippen LogP contribution in [0, 0.1) is 0 Å². The Labute approximate surface area is 134 Å². The van der Waals surface area contributed by atoms with Gasteiger partial charge < -0.3 is 19.5 Å². The van der Waals surface area contributed by atoms with Crippen LogP contribution in [0.4, 0.5) is 5.69 Å². The predicted molar refractivity (Wildman–Crippen MR) is 91.6 cm³/mol. The molecule has 0 spiro atoms. The number of aromatic nitrogens is 1. The van der Waals surface area contributed by atoms with E-state index >= 15 is 0 Å². The smallest absolute Gasteiger partial charge is 0.399 e. The molecule has 0 atom stereocenters. The van der Waals surface area contributed by atoms with Gasteiger partial charge in [0.15, 0.2) is 0 Å². The zero-order valence-corrected chi connectivity index (χ0v) is 14.6. The summed E-state index contributed by atoms with van der Waals surface area (Å²) in [4.78, 5) is 6.49. The van der Waals surface area contributed by atoms with Gasteiger partial charge in [0.1, 0.15) is 0 Å². The lowest BCUT2D eigenvalue weighted by atomic mass is 9.80. The van der Waals surface area contributed by atoms with Crippen LogP contribution in [0.1, 0.15) is 34.1 Å². The van der Waals surface area contributed by atoms with Gasteiger partial charge in [0, 0.05) is 24.4 Å². The van der Waals surface area contributed by atoms with E-state index in [0.717, 1.165) is 30.7 Å². The van der Waals surface area contributed by atoms with Crippen molar-refractivity contribution in [2.75, 3.05) is 32.5 Å². The minimum atomic E-state index is -0.360. The number of nitrogens with zero attached hydrogens (tertiary/aromatic N) is 2. The first-order valence-corrected chi connectivity index (χ1v) is 7.90. The highest BCUT2D eigenvalue weighted by atomic mass is 16.7. The number of rotatable bonds is 6. The van der Waals surface area contributed by atoms with Crippen LogP contribution >= 0.6 is 0 Å². The molecule has 1 aromatic heterocycles. The highest BCUT2D eigenvalue weighted by Gasteiger charge is 2.51. The SMILES string of the molecule is CN(C)CCCNc1cncc(B2OC(C)(C)C(C)(C)O2)c1. The summed E-state index contributed by atoms with van der Waals surface area (Å²) in [7, 11) is 3.81. The van der Waals surface area contributed by atoms with Crippen LogP contribution in [0.2, 0.25) is 0 Å². The van der Waals surface area contributed by atoms with Gasteiger partial charge in [-0.1, -0.05) is 0 Å². The molecule has 1 N–H and O–H groups in total. The van der Waals surface area contributed by atoms with E-state index in [2.05, 4.69) is 63.1 Å². The molecule has 1 aliphatic heterocycles. The summed E-state index contributed by atoms with van der Waals surface area (Å²) >= 11 is 0. The number of hydrogen-bond donors (Lipinski definition) is 1. The molecule has 2 rings (SSSR count). The fourth-order valence-electron chi connectivity index (χ4n) is 2.29. The summed E-state index contributed by atoms with van der Waals surface area (Å²) in [6.45, 7) is 10.2. The molecule has 0 amide bonds. The second-order valence-electron chi connectivity index (χ2n) is 7.18. The van der Waals surface area contributed by atoms with Crippen molar-refractivity contribution in [3.63, 3.8) is 0 Å². The van der Waals surface area contributed by atoms with Crippen LogP contribution in [0.3, 0.4) is 0 Å². The zero-order chi connectivity index (χ0) is 16.4. The van der Waals surface area contributed by atoms with Crippen LogP contribution in [0.15, 0.2) is 18.5 Å². The fraction of sp³-hybridized carbons (Fsp3) is 0.688. The lowest BCUT2D eigenvalue weighted by molar-refractivity contribution is 0.00578. The Morgan fingerprint density at radius 1 is 1.14 bits per heavy atom. The molecule has 22 heavy (non-hydrogen) atoms. The largest absolute Gasteiger partial charge is 0.496 e. The minimum Gasteiger partial charge on any atom is -0.399 e. The molecule has 0 unspecified atom stereocenters. The second kappa shape index (κ2) is 6.56. The number of hydrogen-bond acceptors (Lipinski definition) is 5. The molecule has 0 saturated carbocycles. The highest BCUT2D eigenvalue weighted by Crippen LogP contribution is 2.36. The monoisotopic (exact) mass is 305 g/mol. The van der Waals surface area contributed by atoms with Crippen molar-refractivity contribution in [3.8, 4) is 0 Å². The Hall–Kier alpha value is -1.11. The summed E-state index contributed by atoms with van der Waals surface area (Å²) in [6.07, 6.45) is 4.74. The van der Waals surface area contributed by atoms with Gasteiger partial charge in [0.25, 0.3) is 0 Å². The lowest BCUT2D eigenvalue weighted by Crippen LogP contribution is -2.41. The average Bonchev–Trinajstić information content (AvgIpc) is 2.64. The van der Waals surface area contributed by atoms with E-state index in [1.54, 1.807) is 0 Å². The van der Waals surface area contributed by atoms with E-state index in [4.69, 9.17) is 9.31 Å². The van der Waals surface area contributed by atoms with Gasteiger partial charge in [-0.05, 0) is 60.8 Å². The highest BCUT2D eigenvalue weighted by molar-refractivity contribution is 6.62. The van der Waals surface area contributed by atoms with Gasteiger partial charge in [-0.2, -0.15) is 0 Å². The average molecular weight is 305 g/mol. The molecular weight excluding hydrogens is 277 g/mol. The summed E-state index contributed by atoms with van der Waals surface area (Å²) in [5, 5.41) is 3.41. The van der Waals surface area contributed by atoms with Gasteiger partial charge in [-0.3, -0.25) is 4.98 Å². The van der Waals surface area contributed by atoms with Crippen molar-refractivity contribution in [3.05, 3.63) is 18.5 Å². The molecule has 6 heteroatoms. The molecule has 0 aliphatic carbocycles. The second-order valence-corrected chi connectivity index (χ2v) is 7.18. The first-order valence-electron chi connectivity index (χ1n) is 7.90. The third-order valence-corrected chi connectivity index (χ3v) is 4.40. The van der Waals surface area contributed by atoms with E-state index < -0.39 is 0 Å². The van der Waals surface area contributed by atoms with Crippen molar-refractivity contribution >= 4 is 18.3 Å². The Kier molecular flexibility index (Phi) is 5.15. The van der Waals surface area contributed by atoms with Gasteiger partial charge in [0.05, 0.1) is 16.9 Å². The van der Waals surface area contributed by atoms with Gasteiger partial charge >= 0.3 is 7.12 Å². The third-order valence-electron chi connectivity index (χ3n) is 4.40. The Morgan fingerprint density at radius 3 is 2.36 bits per heavy atom. The Bertz CT molecular complexity index is 490. The van der Waals surface area contributed by atoms with Gasteiger partial charge in [-0.15, -0.1) is 0 Å². The molecule has 1 aromatic rings. The fourth-order valence-corrected chi connectivity index (χ4v) is 2.29. The van der Waals surface area contributed by atoms with E-state index in [0.29, 0.717) is 0 Å². The summed E-state index contributed by atoms with van der Waals surface area (Å²) < 4.78 is 12.1. The molecule has 0 bridgehead atoms. The molecule has 1 fully saturated rings. The standard InChI is InChI=1S/C16H28BN3O2/c1-15(2)16(3,4)22-17(21-15)13-10-14(12-18-11-13)19-8-7-9-20(5)6/h10-12,19H,7-9H2,1-6H3. The molecule has 1 aliphatic rings. The predicted octanol–water partition coefficient (Wildman–Crippen LogP) is 1.74. The van der Waals surface area contributed by atoms with E-state index in [-0.39, 0.29) is 18.3 Å². The summed E-state index contributed by atoms with van der Waals surface area (Å²) in [5.41, 5.74) is 1.31. The Balaban J connectivity index is 1.98. The van der Waals surface area contributed by atoms with E-state index in [1.165, 1.54) is 0 Å². The first-order chi connectivity index (χ1) is 10.2. The topological polar surface area (TPSA) is 46.6 Å². The Morgan fingerprint density at radius 2 is 1.77 bits per heavy atom. The van der Waals surface area contributed by atoms with Crippen molar-refractivity contribution in [2.24, 2.45) is 0 Å². The molecule has 122 valence electrons. The summed E-state index contributed by atoms with van der Waals surface area (Å²) in [6, 6.07) is 2.06. The maximum Gasteiger partial charge on any atom is 0.496 e. The maximum absolute atomic E-state index is 6.07. The minimum absolute atomic E-state index is 0.327. The first kappa shape index (κ1) is 17.3. The maximum atomic E-state index is 6.07. The van der Waals surface area contributed by atoms with Crippen molar-refractivity contribution in [1.29, 1.82) is 0 Å². The molecule has 0 aromatic carbocycles. The van der Waals surface area contributed by atoms with Crippen molar-refractivity contribution in [1.82, 2.24) is 9.88 Å². The van der Waals surface area contributed by atoms with E-state index in [1.807, 2.05) is 12.4 Å². The van der Waals surface area contributed by atoms with Gasteiger partial charge in [-0.25, -0.2) is 0 Å². The molecule has 0 radical (unpaired) electrons. The zero-order valence-electron chi connectivity index (χ0n) is 14.6. The third kappa shape index (κ3) is 4.00. The molecular formula is C16H28BN3O2. The molecule has 5 nitrogen and oxygen atoms in total. The number of pyridine rings is 1. The molecule has 2 heterocycles. The summed E-state index contributed by atoms with van der Waals surface area (Å²) in [5.74, 6) is 0. The number of nitrogens with one attached hydrogen (secondary N) is 1. The van der Waals surface area contributed by atoms with Crippen LogP contribution in [-0.2, 0) is 9.31 Å². The van der Waals surface area contributed by atoms with Crippen molar-refractivity contribution in [2.45, 2.75) is 45.3 Å². The van der Waals surface area contributed by atoms with E-state index in [9.17, 15) is 0 Å². The quantitative estimate of drug-likeness (QED) is 0.641. The lowest BCUT2D eigenvalue weighted by Gasteiger charge is -2.32.